The molecule has 1 unspecified atom stereocenters. The van der Waals surface area contributed by atoms with Crippen LogP contribution < -0.4 is 16.0 Å². The number of nitrogens with zero attached hydrogens (tertiary/aromatic N) is 2. The summed E-state index contributed by atoms with van der Waals surface area (Å²) in [6.45, 7) is 8.38. The molecular weight excluding hydrogens is 382 g/mol. The van der Waals surface area contributed by atoms with Crippen molar-refractivity contribution in [2.45, 2.75) is 45.1 Å². The highest BCUT2D eigenvalue weighted by atomic mass is 16.5. The van der Waals surface area contributed by atoms with Crippen molar-refractivity contribution in [2.24, 2.45) is 10.9 Å². The summed E-state index contributed by atoms with van der Waals surface area (Å²) in [6, 6.07) is 4.28. The van der Waals surface area contributed by atoms with Gasteiger partial charge in [0.25, 0.3) is 0 Å². The van der Waals surface area contributed by atoms with E-state index < -0.39 is 0 Å². The number of rotatable bonds is 10. The van der Waals surface area contributed by atoms with Crippen LogP contribution in [0.25, 0.3) is 0 Å². The third-order valence-electron chi connectivity index (χ3n) is 5.64. The van der Waals surface area contributed by atoms with Gasteiger partial charge in [-0.05, 0) is 37.8 Å². The predicted molar refractivity (Wildman–Crippen MR) is 118 cm³/mol. The van der Waals surface area contributed by atoms with Crippen LogP contribution in [-0.4, -0.2) is 75.3 Å². The van der Waals surface area contributed by atoms with Crippen molar-refractivity contribution in [3.63, 3.8) is 0 Å². The van der Waals surface area contributed by atoms with Crippen LogP contribution in [0.2, 0.25) is 0 Å². The molecule has 30 heavy (non-hydrogen) atoms. The van der Waals surface area contributed by atoms with Crippen molar-refractivity contribution in [1.82, 2.24) is 20.9 Å². The molecule has 0 aromatic carbocycles. The SMILES string of the molecule is CCCNC(=O)CN1CCC(NC(=NCC2CCOC2)NCCc2ccco2)CC1. The normalized spacial score (nSPS) is 21.0. The monoisotopic (exact) mass is 419 g/mol. The Labute approximate surface area is 179 Å². The van der Waals surface area contributed by atoms with Crippen LogP contribution in [0.15, 0.2) is 27.8 Å². The number of hydrogen-bond acceptors (Lipinski definition) is 5. The van der Waals surface area contributed by atoms with Gasteiger partial charge in [-0.3, -0.25) is 14.7 Å². The third-order valence-corrected chi connectivity index (χ3v) is 5.64. The molecule has 0 radical (unpaired) electrons. The molecule has 2 aliphatic rings. The Morgan fingerprint density at radius 3 is 2.80 bits per heavy atom. The van der Waals surface area contributed by atoms with E-state index in [1.807, 2.05) is 12.1 Å². The van der Waals surface area contributed by atoms with E-state index in [1.54, 1.807) is 6.26 Å². The predicted octanol–water partition coefficient (Wildman–Crippen LogP) is 1.38. The van der Waals surface area contributed by atoms with Crippen LogP contribution in [0, 0.1) is 5.92 Å². The van der Waals surface area contributed by atoms with E-state index in [4.69, 9.17) is 14.1 Å². The van der Waals surface area contributed by atoms with Gasteiger partial charge in [-0.2, -0.15) is 0 Å². The summed E-state index contributed by atoms with van der Waals surface area (Å²) in [6.07, 6.45) is 6.60. The number of guanidine groups is 1. The molecule has 3 heterocycles. The number of carbonyl (C=O) groups excluding carboxylic acids is 1. The molecule has 0 bridgehead atoms. The van der Waals surface area contributed by atoms with Crippen LogP contribution >= 0.6 is 0 Å². The molecule has 1 aromatic rings. The first-order valence-electron chi connectivity index (χ1n) is 11.4. The zero-order valence-corrected chi connectivity index (χ0v) is 18.2. The van der Waals surface area contributed by atoms with Gasteiger partial charge in [-0.15, -0.1) is 0 Å². The molecule has 1 atom stereocenters. The maximum atomic E-state index is 11.9. The van der Waals surface area contributed by atoms with E-state index in [0.29, 0.717) is 18.5 Å². The Morgan fingerprint density at radius 2 is 2.10 bits per heavy atom. The minimum absolute atomic E-state index is 0.129. The zero-order chi connectivity index (χ0) is 21.0. The van der Waals surface area contributed by atoms with Crippen LogP contribution in [0.5, 0.6) is 0 Å². The second-order valence-electron chi connectivity index (χ2n) is 8.22. The van der Waals surface area contributed by atoms with Gasteiger partial charge in [0.2, 0.25) is 5.91 Å². The fourth-order valence-corrected chi connectivity index (χ4v) is 3.81. The standard InChI is InChI=1S/C22H37N5O3/c1-2-9-23-21(28)16-27-11-6-19(7-12-27)26-22(25-15-18-8-14-29-17-18)24-10-5-20-4-3-13-30-20/h3-4,13,18-19H,2,5-12,14-17H2,1H3,(H,23,28)(H2,24,25,26). The number of amides is 1. The molecule has 8 heteroatoms. The van der Waals surface area contributed by atoms with Gasteiger partial charge in [0.05, 0.1) is 19.4 Å². The summed E-state index contributed by atoms with van der Waals surface area (Å²) in [4.78, 5) is 19.0. The molecule has 0 aliphatic carbocycles. The lowest BCUT2D eigenvalue weighted by atomic mass is 10.1. The first-order chi connectivity index (χ1) is 14.7. The number of carbonyl (C=O) groups is 1. The lowest BCUT2D eigenvalue weighted by molar-refractivity contribution is -0.122. The lowest BCUT2D eigenvalue weighted by Crippen LogP contribution is -2.50. The Bertz CT molecular complexity index is 635. The molecule has 2 fully saturated rings. The van der Waals surface area contributed by atoms with Gasteiger partial charge in [-0.25, -0.2) is 0 Å². The average molecular weight is 420 g/mol. The molecule has 2 aliphatic heterocycles. The Morgan fingerprint density at radius 1 is 1.23 bits per heavy atom. The van der Waals surface area contributed by atoms with E-state index in [9.17, 15) is 4.79 Å². The van der Waals surface area contributed by atoms with E-state index in [0.717, 1.165) is 89.8 Å². The van der Waals surface area contributed by atoms with Crippen molar-refractivity contribution in [3.8, 4) is 0 Å². The molecule has 168 valence electrons. The van der Waals surface area contributed by atoms with Crippen molar-refractivity contribution in [2.75, 3.05) is 52.5 Å². The molecular formula is C22H37N5O3. The third kappa shape index (κ3) is 7.99. The smallest absolute Gasteiger partial charge is 0.234 e. The van der Waals surface area contributed by atoms with Gasteiger partial charge in [-0.1, -0.05) is 6.92 Å². The molecule has 3 rings (SSSR count). The number of hydrogen-bond donors (Lipinski definition) is 3. The fraction of sp³-hybridized carbons (Fsp3) is 0.727. The first kappa shape index (κ1) is 22.6. The molecule has 0 spiro atoms. The fourth-order valence-electron chi connectivity index (χ4n) is 3.81. The summed E-state index contributed by atoms with van der Waals surface area (Å²) in [5.41, 5.74) is 0. The maximum absolute atomic E-state index is 11.9. The number of nitrogens with one attached hydrogen (secondary N) is 3. The number of furan rings is 1. The summed E-state index contributed by atoms with van der Waals surface area (Å²) in [7, 11) is 0. The first-order valence-corrected chi connectivity index (χ1v) is 11.4. The van der Waals surface area contributed by atoms with Gasteiger partial charge >= 0.3 is 0 Å². The van der Waals surface area contributed by atoms with Crippen LogP contribution in [-0.2, 0) is 16.0 Å². The van der Waals surface area contributed by atoms with Crippen molar-refractivity contribution in [1.29, 1.82) is 0 Å². The second kappa shape index (κ2) is 12.6. The maximum Gasteiger partial charge on any atom is 0.234 e. The van der Waals surface area contributed by atoms with E-state index >= 15 is 0 Å². The quantitative estimate of drug-likeness (QED) is 0.392. The van der Waals surface area contributed by atoms with Gasteiger partial charge in [0.15, 0.2) is 5.96 Å². The average Bonchev–Trinajstić information content (AvgIpc) is 3.46. The number of ether oxygens (including phenoxy) is 1. The molecule has 1 amide bonds. The number of aliphatic imine (C=N–C) groups is 1. The topological polar surface area (TPSA) is 91.1 Å². The van der Waals surface area contributed by atoms with Crippen LogP contribution in [0.3, 0.4) is 0 Å². The highest BCUT2D eigenvalue weighted by Gasteiger charge is 2.22. The van der Waals surface area contributed by atoms with E-state index in [2.05, 4.69) is 27.8 Å². The summed E-state index contributed by atoms with van der Waals surface area (Å²) in [5, 5.41) is 10.0. The van der Waals surface area contributed by atoms with Crippen molar-refractivity contribution >= 4 is 11.9 Å². The largest absolute Gasteiger partial charge is 0.469 e. The van der Waals surface area contributed by atoms with Gasteiger partial charge in [0, 0.05) is 57.7 Å². The Kier molecular flexibility index (Phi) is 9.50. The lowest BCUT2D eigenvalue weighted by Gasteiger charge is -2.32. The highest BCUT2D eigenvalue weighted by molar-refractivity contribution is 5.80. The second-order valence-corrected chi connectivity index (χ2v) is 8.22. The summed E-state index contributed by atoms with van der Waals surface area (Å²) < 4.78 is 10.9. The Hall–Kier alpha value is -2.06. The highest BCUT2D eigenvalue weighted by Crippen LogP contribution is 2.13. The zero-order valence-electron chi connectivity index (χ0n) is 18.2. The van der Waals surface area contributed by atoms with E-state index in [-0.39, 0.29) is 5.91 Å². The van der Waals surface area contributed by atoms with Gasteiger partial charge in [0.1, 0.15) is 5.76 Å². The van der Waals surface area contributed by atoms with Crippen LogP contribution in [0.1, 0.15) is 38.4 Å². The summed E-state index contributed by atoms with van der Waals surface area (Å²) >= 11 is 0. The number of likely N-dealkylation sites (tertiary alicyclic amines) is 1. The molecule has 2 saturated heterocycles. The van der Waals surface area contributed by atoms with Gasteiger partial charge < -0.3 is 25.1 Å². The van der Waals surface area contributed by atoms with Crippen molar-refractivity contribution in [3.05, 3.63) is 24.2 Å². The van der Waals surface area contributed by atoms with Crippen LogP contribution in [0.4, 0.5) is 0 Å². The minimum atomic E-state index is 0.129. The number of piperidine rings is 1. The summed E-state index contributed by atoms with van der Waals surface area (Å²) in [5.74, 6) is 2.48. The van der Waals surface area contributed by atoms with E-state index in [1.165, 1.54) is 0 Å². The molecule has 8 nitrogen and oxygen atoms in total. The molecule has 3 N–H and O–H groups in total. The Balaban J connectivity index is 1.43. The molecule has 1 aromatic heterocycles. The van der Waals surface area contributed by atoms with Crippen molar-refractivity contribution < 1.29 is 13.9 Å². The molecule has 0 saturated carbocycles. The minimum Gasteiger partial charge on any atom is -0.469 e.